The van der Waals surface area contributed by atoms with Gasteiger partial charge in [-0.3, -0.25) is 19.5 Å². The maximum atomic E-state index is 12.4. The Labute approximate surface area is 211 Å². The molecule has 1 amide bonds. The summed E-state index contributed by atoms with van der Waals surface area (Å²) in [6.45, 7) is 1.34. The molecule has 36 heavy (non-hydrogen) atoms. The average Bonchev–Trinajstić information content (AvgIpc) is 2.91. The largest absolute Gasteiger partial charge is 0.493 e. The number of likely N-dealkylation sites (N-methyl/N-ethyl adjacent to an activating group) is 2. The molecule has 0 spiro atoms. The maximum absolute atomic E-state index is 12.4. The minimum absolute atomic E-state index is 0.174. The molecule has 3 aromatic rings. The van der Waals surface area contributed by atoms with Gasteiger partial charge in [0.25, 0.3) is 0 Å². The number of nitrogens with one attached hydrogen (secondary N) is 1. The van der Waals surface area contributed by atoms with E-state index in [1.165, 1.54) is 0 Å². The summed E-state index contributed by atoms with van der Waals surface area (Å²) in [5, 5.41) is 3.63. The molecule has 1 N–H and O–H groups in total. The lowest BCUT2D eigenvalue weighted by Gasteiger charge is -2.27. The Kier molecular flexibility index (Phi) is 10.4. The zero-order valence-electron chi connectivity index (χ0n) is 20.8. The number of hydrogen-bond acceptors (Lipinski definition) is 7. The number of carbonyl (C=O) groups excluding carboxylic acids is 3. The number of benzene rings is 2. The molecular formula is C28H33N3O5. The van der Waals surface area contributed by atoms with Gasteiger partial charge in [-0.15, -0.1) is 0 Å². The molecular weight excluding hydrogens is 458 g/mol. The second-order valence-electron chi connectivity index (χ2n) is 8.46. The van der Waals surface area contributed by atoms with Crippen molar-refractivity contribution >= 4 is 29.4 Å². The second kappa shape index (κ2) is 13.9. The molecule has 0 aliphatic heterocycles. The van der Waals surface area contributed by atoms with Crippen molar-refractivity contribution in [1.29, 1.82) is 0 Å². The third-order valence-electron chi connectivity index (χ3n) is 6.01. The predicted molar refractivity (Wildman–Crippen MR) is 138 cm³/mol. The lowest BCUT2D eigenvalue weighted by Crippen LogP contribution is -2.43. The highest BCUT2D eigenvalue weighted by atomic mass is 16.5. The van der Waals surface area contributed by atoms with Crippen molar-refractivity contribution in [2.75, 3.05) is 27.3 Å². The van der Waals surface area contributed by atoms with Crippen molar-refractivity contribution in [2.45, 2.75) is 38.3 Å². The Morgan fingerprint density at radius 2 is 1.78 bits per heavy atom. The molecule has 190 valence electrons. The van der Waals surface area contributed by atoms with E-state index in [0.717, 1.165) is 47.6 Å². The number of fused-ring (bicyclic) bond motifs is 1. The third-order valence-corrected chi connectivity index (χ3v) is 6.01. The van der Waals surface area contributed by atoms with Crippen LogP contribution < -0.4 is 14.8 Å². The maximum Gasteiger partial charge on any atom is 0.237 e. The number of carbonyl (C=O) groups is 3. The molecule has 1 atom stereocenters. The van der Waals surface area contributed by atoms with Crippen LogP contribution in [0.3, 0.4) is 0 Å². The summed E-state index contributed by atoms with van der Waals surface area (Å²) in [6, 6.07) is 14.6. The molecule has 0 aliphatic carbocycles. The Morgan fingerprint density at radius 3 is 2.50 bits per heavy atom. The van der Waals surface area contributed by atoms with Crippen LogP contribution in [0.15, 0.2) is 54.7 Å². The van der Waals surface area contributed by atoms with E-state index in [0.29, 0.717) is 37.5 Å². The fraction of sp³-hybridized carbons (Fsp3) is 0.357. The van der Waals surface area contributed by atoms with Crippen molar-refractivity contribution in [3.63, 3.8) is 0 Å². The molecule has 0 saturated carbocycles. The minimum atomic E-state index is -0.492. The van der Waals surface area contributed by atoms with E-state index in [1.807, 2.05) is 41.3 Å². The van der Waals surface area contributed by atoms with Crippen molar-refractivity contribution in [2.24, 2.45) is 0 Å². The van der Waals surface area contributed by atoms with Crippen molar-refractivity contribution in [3.8, 4) is 11.5 Å². The first kappa shape index (κ1) is 26.8. The molecule has 1 unspecified atom stereocenters. The second-order valence-corrected chi connectivity index (χ2v) is 8.46. The quantitative estimate of drug-likeness (QED) is 0.255. The van der Waals surface area contributed by atoms with Gasteiger partial charge in [0.15, 0.2) is 6.29 Å². The topological polar surface area (TPSA) is 97.8 Å². The number of para-hydroxylation sites is 1. The van der Waals surface area contributed by atoms with Crippen LogP contribution in [-0.4, -0.2) is 61.7 Å². The fourth-order valence-electron chi connectivity index (χ4n) is 4.07. The number of nitrogens with zero attached hydrogens (tertiary/aromatic N) is 2. The Bertz CT molecular complexity index is 1160. The van der Waals surface area contributed by atoms with Crippen LogP contribution in [0.2, 0.25) is 0 Å². The van der Waals surface area contributed by atoms with E-state index in [4.69, 9.17) is 9.47 Å². The Morgan fingerprint density at radius 1 is 1.03 bits per heavy atom. The summed E-state index contributed by atoms with van der Waals surface area (Å²) in [5.74, 6) is 1.25. The zero-order chi connectivity index (χ0) is 25.8. The molecule has 0 radical (unpaired) electrons. The van der Waals surface area contributed by atoms with E-state index >= 15 is 0 Å². The number of unbranched alkanes of at least 4 members (excludes halogenated alkanes) is 1. The number of ether oxygens (including phenoxy) is 2. The summed E-state index contributed by atoms with van der Waals surface area (Å²) >= 11 is 0. The smallest absolute Gasteiger partial charge is 0.237 e. The first-order chi connectivity index (χ1) is 17.6. The molecule has 0 fully saturated rings. The number of aromatic nitrogens is 1. The Hall–Kier alpha value is -3.78. The predicted octanol–water partition coefficient (Wildman–Crippen LogP) is 3.81. The molecule has 8 heteroatoms. The van der Waals surface area contributed by atoms with Gasteiger partial charge < -0.3 is 19.6 Å². The third kappa shape index (κ3) is 7.11. The van der Waals surface area contributed by atoms with Crippen LogP contribution in [0.25, 0.3) is 10.9 Å². The van der Waals surface area contributed by atoms with Crippen molar-refractivity contribution in [3.05, 3.63) is 65.9 Å². The van der Waals surface area contributed by atoms with Gasteiger partial charge in [-0.1, -0.05) is 24.3 Å². The van der Waals surface area contributed by atoms with E-state index < -0.39 is 6.04 Å². The normalized spacial score (nSPS) is 11.8. The summed E-state index contributed by atoms with van der Waals surface area (Å²) in [6.07, 6.45) is 5.58. The monoisotopic (exact) mass is 491 g/mol. The highest BCUT2D eigenvalue weighted by Gasteiger charge is 2.24. The van der Waals surface area contributed by atoms with Gasteiger partial charge >= 0.3 is 0 Å². The standard InChI is InChI=1S/C28H33N3O5/c1-29-28(34)25(12-8-16-32)31(2)19-23-21(20-33)9-7-13-26(23)35-17-5-6-18-36-27-14-15-30-24-11-4-3-10-22(24)27/h3-4,7,9-11,13-16,20,25H,5-6,8,12,17-19H2,1-2H3,(H,29,34). The van der Waals surface area contributed by atoms with Gasteiger partial charge in [-0.25, -0.2) is 0 Å². The first-order valence-electron chi connectivity index (χ1n) is 12.1. The fourth-order valence-corrected chi connectivity index (χ4v) is 4.07. The van der Waals surface area contributed by atoms with Gasteiger partial charge in [0.05, 0.1) is 24.8 Å². The van der Waals surface area contributed by atoms with E-state index in [9.17, 15) is 14.4 Å². The van der Waals surface area contributed by atoms with Gasteiger partial charge in [0.2, 0.25) is 5.91 Å². The van der Waals surface area contributed by atoms with Crippen LogP contribution in [0.4, 0.5) is 0 Å². The molecule has 3 rings (SSSR count). The molecule has 1 heterocycles. The lowest BCUT2D eigenvalue weighted by molar-refractivity contribution is -0.126. The van der Waals surface area contributed by atoms with E-state index in [2.05, 4.69) is 10.3 Å². The summed E-state index contributed by atoms with van der Waals surface area (Å²) < 4.78 is 12.0. The number of hydrogen-bond donors (Lipinski definition) is 1. The number of amides is 1. The minimum Gasteiger partial charge on any atom is -0.493 e. The number of rotatable bonds is 15. The molecule has 0 bridgehead atoms. The van der Waals surface area contributed by atoms with Gasteiger partial charge in [-0.05, 0) is 50.6 Å². The molecule has 0 saturated heterocycles. The van der Waals surface area contributed by atoms with E-state index in [-0.39, 0.29) is 12.3 Å². The van der Waals surface area contributed by atoms with Crippen LogP contribution in [-0.2, 0) is 16.1 Å². The Balaban J connectivity index is 1.57. The highest BCUT2D eigenvalue weighted by Crippen LogP contribution is 2.26. The first-order valence-corrected chi connectivity index (χ1v) is 12.1. The number of pyridine rings is 1. The van der Waals surface area contributed by atoms with Crippen LogP contribution >= 0.6 is 0 Å². The van der Waals surface area contributed by atoms with Gasteiger partial charge in [0.1, 0.15) is 17.8 Å². The molecule has 0 aliphatic rings. The summed E-state index contributed by atoms with van der Waals surface area (Å²) in [4.78, 5) is 41.1. The SMILES string of the molecule is CNC(=O)C(CCC=O)N(C)Cc1c(C=O)cccc1OCCCCOc1ccnc2ccccc12. The van der Waals surface area contributed by atoms with Gasteiger partial charge in [-0.2, -0.15) is 0 Å². The lowest BCUT2D eigenvalue weighted by atomic mass is 10.0. The van der Waals surface area contributed by atoms with Crippen LogP contribution in [0.1, 0.15) is 41.6 Å². The van der Waals surface area contributed by atoms with Crippen LogP contribution in [0, 0.1) is 0 Å². The van der Waals surface area contributed by atoms with Gasteiger partial charge in [0, 0.05) is 42.7 Å². The molecule has 2 aromatic carbocycles. The summed E-state index contributed by atoms with van der Waals surface area (Å²) in [5.41, 5.74) is 2.13. The van der Waals surface area contributed by atoms with Crippen molar-refractivity contribution in [1.82, 2.24) is 15.2 Å². The molecule has 8 nitrogen and oxygen atoms in total. The zero-order valence-corrected chi connectivity index (χ0v) is 20.8. The van der Waals surface area contributed by atoms with Crippen LogP contribution in [0.5, 0.6) is 11.5 Å². The van der Waals surface area contributed by atoms with E-state index in [1.54, 1.807) is 32.4 Å². The highest BCUT2D eigenvalue weighted by molar-refractivity contribution is 5.84. The molecule has 1 aromatic heterocycles. The van der Waals surface area contributed by atoms with Crippen molar-refractivity contribution < 1.29 is 23.9 Å². The average molecular weight is 492 g/mol. The summed E-state index contributed by atoms with van der Waals surface area (Å²) in [7, 11) is 3.37. The number of aldehydes is 2.